The highest BCUT2D eigenvalue weighted by Crippen LogP contribution is 2.35. The van der Waals surface area contributed by atoms with E-state index in [4.69, 9.17) is 9.47 Å². The minimum absolute atomic E-state index is 0. The number of para-hydroxylation sites is 1. The van der Waals surface area contributed by atoms with Crippen molar-refractivity contribution in [1.29, 1.82) is 0 Å². The molecular weight excluding hydrogens is 355 g/mol. The molecule has 2 aliphatic heterocycles. The van der Waals surface area contributed by atoms with Crippen molar-refractivity contribution in [2.45, 2.75) is 18.4 Å². The standard InChI is InChI=1S/C20H23FN2O2.ClH/c21-19-17(7-4-8-18(19)25-16-5-2-1-3-6-16)23-12-9-20(10-13-23)15-22-11-14-24-20;/h1-8,22H,9-15H2;1H. The van der Waals surface area contributed by atoms with Gasteiger partial charge in [-0.25, -0.2) is 4.39 Å². The first-order valence-corrected chi connectivity index (χ1v) is 8.87. The first-order valence-electron chi connectivity index (χ1n) is 8.87. The molecule has 2 saturated heterocycles. The van der Waals surface area contributed by atoms with Crippen LogP contribution in [0.3, 0.4) is 0 Å². The van der Waals surface area contributed by atoms with Crippen molar-refractivity contribution in [2.75, 3.05) is 37.7 Å². The monoisotopic (exact) mass is 378 g/mol. The molecule has 1 spiro atoms. The molecular formula is C20H24ClFN2O2. The summed E-state index contributed by atoms with van der Waals surface area (Å²) in [6.45, 7) is 4.13. The molecule has 2 heterocycles. The number of anilines is 1. The Morgan fingerprint density at radius 3 is 2.50 bits per heavy atom. The lowest BCUT2D eigenvalue weighted by Crippen LogP contribution is -2.55. The predicted molar refractivity (Wildman–Crippen MR) is 103 cm³/mol. The fourth-order valence-electron chi connectivity index (χ4n) is 3.62. The Hall–Kier alpha value is -1.82. The quantitative estimate of drug-likeness (QED) is 0.875. The molecule has 2 aromatic rings. The number of nitrogens with one attached hydrogen (secondary N) is 1. The molecule has 0 saturated carbocycles. The highest BCUT2D eigenvalue weighted by atomic mass is 35.5. The van der Waals surface area contributed by atoms with Crippen LogP contribution in [-0.4, -0.2) is 38.4 Å². The summed E-state index contributed by atoms with van der Waals surface area (Å²) in [5, 5.41) is 3.41. The lowest BCUT2D eigenvalue weighted by atomic mass is 9.89. The summed E-state index contributed by atoms with van der Waals surface area (Å²) in [5.41, 5.74) is 0.524. The summed E-state index contributed by atoms with van der Waals surface area (Å²) in [4.78, 5) is 2.09. The van der Waals surface area contributed by atoms with Crippen molar-refractivity contribution in [3.8, 4) is 11.5 Å². The number of hydrogen-bond acceptors (Lipinski definition) is 4. The van der Waals surface area contributed by atoms with Crippen molar-refractivity contribution in [3.05, 3.63) is 54.3 Å². The second-order valence-corrected chi connectivity index (χ2v) is 6.70. The number of benzene rings is 2. The van der Waals surface area contributed by atoms with Crippen LogP contribution in [-0.2, 0) is 4.74 Å². The van der Waals surface area contributed by atoms with Gasteiger partial charge in [-0.1, -0.05) is 24.3 Å². The Bertz CT molecular complexity index is 713. The molecule has 0 unspecified atom stereocenters. The third-order valence-electron chi connectivity index (χ3n) is 5.06. The maximum absolute atomic E-state index is 15.0. The predicted octanol–water partition coefficient (Wildman–Crippen LogP) is 4.00. The molecule has 2 fully saturated rings. The summed E-state index contributed by atoms with van der Waals surface area (Å²) in [6, 6.07) is 14.6. The van der Waals surface area contributed by atoms with Crippen LogP contribution in [0.4, 0.5) is 10.1 Å². The Labute approximate surface area is 159 Å². The first-order chi connectivity index (χ1) is 12.3. The smallest absolute Gasteiger partial charge is 0.188 e. The fourth-order valence-corrected chi connectivity index (χ4v) is 3.62. The molecule has 0 aromatic heterocycles. The van der Waals surface area contributed by atoms with E-state index in [0.717, 1.165) is 45.6 Å². The van der Waals surface area contributed by atoms with E-state index in [1.54, 1.807) is 6.07 Å². The lowest BCUT2D eigenvalue weighted by molar-refractivity contribution is -0.0800. The van der Waals surface area contributed by atoms with E-state index in [-0.39, 0.29) is 29.6 Å². The summed E-state index contributed by atoms with van der Waals surface area (Å²) >= 11 is 0. The van der Waals surface area contributed by atoms with Gasteiger partial charge in [0.05, 0.1) is 17.9 Å². The fraction of sp³-hybridized carbons (Fsp3) is 0.400. The maximum Gasteiger partial charge on any atom is 0.188 e. The Morgan fingerprint density at radius 2 is 1.81 bits per heavy atom. The SMILES string of the molecule is Cl.Fc1c(Oc2ccccc2)cccc1N1CCC2(CC1)CNCCO2. The lowest BCUT2D eigenvalue weighted by Gasteiger charge is -2.44. The number of ether oxygens (including phenoxy) is 2. The van der Waals surface area contributed by atoms with Crippen molar-refractivity contribution >= 4 is 18.1 Å². The average molecular weight is 379 g/mol. The molecule has 0 bridgehead atoms. The number of hydrogen-bond donors (Lipinski definition) is 1. The van der Waals surface area contributed by atoms with Gasteiger partial charge in [-0.2, -0.15) is 0 Å². The zero-order valence-electron chi connectivity index (χ0n) is 14.6. The van der Waals surface area contributed by atoms with Gasteiger partial charge in [-0.05, 0) is 37.1 Å². The molecule has 140 valence electrons. The largest absolute Gasteiger partial charge is 0.454 e. The Kier molecular flexibility index (Phi) is 6.01. The van der Waals surface area contributed by atoms with Crippen LogP contribution in [0.1, 0.15) is 12.8 Å². The summed E-state index contributed by atoms with van der Waals surface area (Å²) in [6.07, 6.45) is 1.81. The van der Waals surface area contributed by atoms with E-state index in [9.17, 15) is 4.39 Å². The van der Waals surface area contributed by atoms with Gasteiger partial charge in [-0.15, -0.1) is 12.4 Å². The molecule has 6 heteroatoms. The van der Waals surface area contributed by atoms with Crippen molar-refractivity contribution in [3.63, 3.8) is 0 Å². The number of piperidine rings is 1. The molecule has 4 rings (SSSR count). The zero-order chi connectivity index (χ0) is 17.1. The van der Waals surface area contributed by atoms with Gasteiger partial charge in [-0.3, -0.25) is 0 Å². The highest BCUT2D eigenvalue weighted by Gasteiger charge is 2.37. The molecule has 4 nitrogen and oxygen atoms in total. The molecule has 2 aliphatic rings. The normalized spacial score (nSPS) is 19.0. The number of rotatable bonds is 3. The molecule has 0 atom stereocenters. The van der Waals surface area contributed by atoms with Gasteiger partial charge in [0.25, 0.3) is 0 Å². The topological polar surface area (TPSA) is 33.7 Å². The molecule has 2 aromatic carbocycles. The van der Waals surface area contributed by atoms with E-state index >= 15 is 0 Å². The maximum atomic E-state index is 15.0. The zero-order valence-corrected chi connectivity index (χ0v) is 15.4. The third-order valence-corrected chi connectivity index (χ3v) is 5.06. The van der Waals surface area contributed by atoms with Crippen LogP contribution in [0.15, 0.2) is 48.5 Å². The van der Waals surface area contributed by atoms with E-state index in [1.807, 2.05) is 42.5 Å². The van der Waals surface area contributed by atoms with Crippen LogP contribution in [0, 0.1) is 5.82 Å². The second-order valence-electron chi connectivity index (χ2n) is 6.70. The minimum Gasteiger partial charge on any atom is -0.454 e. The molecule has 0 aliphatic carbocycles. The van der Waals surface area contributed by atoms with Crippen molar-refractivity contribution in [2.24, 2.45) is 0 Å². The Morgan fingerprint density at radius 1 is 1.04 bits per heavy atom. The van der Waals surface area contributed by atoms with Crippen LogP contribution < -0.4 is 15.0 Å². The molecule has 1 N–H and O–H groups in total. The van der Waals surface area contributed by atoms with Crippen LogP contribution in [0.2, 0.25) is 0 Å². The first kappa shape index (κ1) is 19.0. The number of morpholine rings is 1. The van der Waals surface area contributed by atoms with Crippen LogP contribution in [0.5, 0.6) is 11.5 Å². The molecule has 26 heavy (non-hydrogen) atoms. The van der Waals surface area contributed by atoms with E-state index in [1.165, 1.54) is 0 Å². The van der Waals surface area contributed by atoms with Crippen molar-refractivity contribution in [1.82, 2.24) is 5.32 Å². The van der Waals surface area contributed by atoms with E-state index in [0.29, 0.717) is 11.4 Å². The van der Waals surface area contributed by atoms with Crippen molar-refractivity contribution < 1.29 is 13.9 Å². The molecule has 0 radical (unpaired) electrons. The Balaban J connectivity index is 0.00000196. The third kappa shape index (κ3) is 3.95. The van der Waals surface area contributed by atoms with Crippen LogP contribution in [0.25, 0.3) is 0 Å². The van der Waals surface area contributed by atoms with Gasteiger partial charge in [0, 0.05) is 26.2 Å². The van der Waals surface area contributed by atoms with E-state index < -0.39 is 0 Å². The number of halogens is 2. The summed E-state index contributed by atoms with van der Waals surface area (Å²) in [5.74, 6) is 0.599. The van der Waals surface area contributed by atoms with Gasteiger partial charge in [0.2, 0.25) is 0 Å². The summed E-state index contributed by atoms with van der Waals surface area (Å²) in [7, 11) is 0. The van der Waals surface area contributed by atoms with Gasteiger partial charge in [0.1, 0.15) is 5.75 Å². The van der Waals surface area contributed by atoms with Gasteiger partial charge >= 0.3 is 0 Å². The van der Waals surface area contributed by atoms with Crippen LogP contribution >= 0.6 is 12.4 Å². The van der Waals surface area contributed by atoms with Gasteiger partial charge in [0.15, 0.2) is 11.6 Å². The van der Waals surface area contributed by atoms with E-state index in [2.05, 4.69) is 10.2 Å². The summed E-state index contributed by atoms with van der Waals surface area (Å²) < 4.78 is 26.7. The highest BCUT2D eigenvalue weighted by molar-refractivity contribution is 5.85. The number of nitrogens with zero attached hydrogens (tertiary/aromatic N) is 1. The molecule has 0 amide bonds. The minimum atomic E-state index is -0.301. The van der Waals surface area contributed by atoms with Gasteiger partial charge < -0.3 is 19.7 Å². The average Bonchev–Trinajstić information content (AvgIpc) is 2.66. The second kappa shape index (κ2) is 8.25.